The third kappa shape index (κ3) is 3.94. The summed E-state index contributed by atoms with van der Waals surface area (Å²) >= 11 is 4.61. The fourth-order valence-corrected chi connectivity index (χ4v) is 3.25. The van der Waals surface area contributed by atoms with E-state index in [1.54, 1.807) is 0 Å². The summed E-state index contributed by atoms with van der Waals surface area (Å²) in [7, 11) is 0. The number of aromatic nitrogens is 2. The van der Waals surface area contributed by atoms with Gasteiger partial charge >= 0.3 is 0 Å². The maximum Gasteiger partial charge on any atom is 0.138 e. The average Bonchev–Trinajstić information content (AvgIpc) is 3.28. The molecule has 3 rings (SSSR count). The Balaban J connectivity index is 1.91. The first kappa shape index (κ1) is 18.1. The van der Waals surface area contributed by atoms with E-state index >= 15 is 0 Å². The zero-order valence-corrected chi connectivity index (χ0v) is 16.1. The van der Waals surface area contributed by atoms with Gasteiger partial charge in [-0.25, -0.2) is 4.98 Å². The van der Waals surface area contributed by atoms with Crippen molar-refractivity contribution in [1.29, 1.82) is 0 Å². The van der Waals surface area contributed by atoms with E-state index in [0.29, 0.717) is 6.73 Å². The molecule has 1 aliphatic rings. The SMILES string of the molecule is CCN(CC)CN/C(=C(/C)S)c1c[nH]c2ncc(N3CCOC3)cc12. The van der Waals surface area contributed by atoms with E-state index in [2.05, 4.69) is 57.6 Å². The molecule has 0 aromatic carbocycles. The van der Waals surface area contributed by atoms with Crippen LogP contribution in [-0.2, 0) is 4.74 Å². The first-order chi connectivity index (χ1) is 12.1. The second-order valence-corrected chi connectivity index (χ2v) is 6.86. The normalized spacial score (nSPS) is 16.0. The summed E-state index contributed by atoms with van der Waals surface area (Å²) in [4.78, 5) is 13.3. The number of fused-ring (bicyclic) bond motifs is 1. The molecule has 0 atom stereocenters. The van der Waals surface area contributed by atoms with Crippen LogP contribution in [-0.4, -0.2) is 54.5 Å². The van der Waals surface area contributed by atoms with Gasteiger partial charge in [-0.1, -0.05) is 13.8 Å². The summed E-state index contributed by atoms with van der Waals surface area (Å²) in [6.07, 6.45) is 3.91. The summed E-state index contributed by atoms with van der Waals surface area (Å²) in [5.74, 6) is 0. The van der Waals surface area contributed by atoms with Crippen LogP contribution >= 0.6 is 12.6 Å². The minimum atomic E-state index is 0.626. The lowest BCUT2D eigenvalue weighted by Crippen LogP contribution is -2.33. The summed E-state index contributed by atoms with van der Waals surface area (Å²) in [6.45, 7) is 11.5. The van der Waals surface area contributed by atoms with Gasteiger partial charge in [-0.15, -0.1) is 12.6 Å². The Morgan fingerprint density at radius 3 is 2.88 bits per heavy atom. The molecule has 1 fully saturated rings. The lowest BCUT2D eigenvalue weighted by Gasteiger charge is -2.21. The highest BCUT2D eigenvalue weighted by Crippen LogP contribution is 2.29. The molecule has 0 amide bonds. The van der Waals surface area contributed by atoms with Crippen LogP contribution in [0.15, 0.2) is 23.4 Å². The molecule has 1 saturated heterocycles. The molecular formula is C18H27N5OS. The number of pyridine rings is 1. The summed E-state index contributed by atoms with van der Waals surface area (Å²) in [5, 5.41) is 4.64. The van der Waals surface area contributed by atoms with Crippen LogP contribution in [0.3, 0.4) is 0 Å². The largest absolute Gasteiger partial charge is 0.371 e. The maximum absolute atomic E-state index is 5.46. The van der Waals surface area contributed by atoms with E-state index < -0.39 is 0 Å². The van der Waals surface area contributed by atoms with Gasteiger partial charge in [0.05, 0.1) is 30.9 Å². The maximum atomic E-state index is 5.46. The predicted molar refractivity (Wildman–Crippen MR) is 107 cm³/mol. The van der Waals surface area contributed by atoms with Crippen molar-refractivity contribution in [2.45, 2.75) is 20.8 Å². The van der Waals surface area contributed by atoms with Gasteiger partial charge in [0.15, 0.2) is 0 Å². The van der Waals surface area contributed by atoms with Gasteiger partial charge in [0.25, 0.3) is 0 Å². The number of allylic oxidation sites excluding steroid dienone is 1. The molecule has 0 saturated carbocycles. The van der Waals surface area contributed by atoms with Crippen LogP contribution < -0.4 is 10.2 Å². The number of anilines is 1. The molecule has 25 heavy (non-hydrogen) atoms. The highest BCUT2D eigenvalue weighted by Gasteiger charge is 2.17. The lowest BCUT2D eigenvalue weighted by molar-refractivity contribution is 0.201. The Bertz CT molecular complexity index is 743. The Morgan fingerprint density at radius 2 is 2.24 bits per heavy atom. The Labute approximate surface area is 154 Å². The first-order valence-corrected chi connectivity index (χ1v) is 9.25. The molecule has 3 heterocycles. The van der Waals surface area contributed by atoms with Crippen molar-refractivity contribution in [3.8, 4) is 0 Å². The highest BCUT2D eigenvalue weighted by molar-refractivity contribution is 7.84. The van der Waals surface area contributed by atoms with Crippen molar-refractivity contribution in [3.63, 3.8) is 0 Å². The molecule has 0 bridgehead atoms. The van der Waals surface area contributed by atoms with E-state index in [0.717, 1.165) is 65.8 Å². The molecule has 7 heteroatoms. The van der Waals surface area contributed by atoms with Crippen LogP contribution in [0.2, 0.25) is 0 Å². The van der Waals surface area contributed by atoms with Gasteiger partial charge in [-0.3, -0.25) is 4.90 Å². The predicted octanol–water partition coefficient (Wildman–Crippen LogP) is 2.86. The first-order valence-electron chi connectivity index (χ1n) is 8.80. The standard InChI is InChI=1S/C18H27N5OS/c1-4-22(5-2)11-21-17(13(3)25)16-10-20-18-15(16)8-14(9-19-18)23-6-7-24-12-23/h8-10,21,25H,4-7,11-12H2,1-3H3,(H,19,20)/b17-13-. The Morgan fingerprint density at radius 1 is 1.44 bits per heavy atom. The molecule has 0 spiro atoms. The number of rotatable bonds is 7. The summed E-state index contributed by atoms with van der Waals surface area (Å²) in [5.41, 5.74) is 4.11. The minimum Gasteiger partial charge on any atom is -0.371 e. The van der Waals surface area contributed by atoms with Gasteiger partial charge in [0.2, 0.25) is 0 Å². The second kappa shape index (κ2) is 8.12. The van der Waals surface area contributed by atoms with Crippen LogP contribution in [0.4, 0.5) is 5.69 Å². The number of H-pyrrole nitrogens is 1. The smallest absolute Gasteiger partial charge is 0.138 e. The quantitative estimate of drug-likeness (QED) is 0.523. The Kier molecular flexibility index (Phi) is 5.88. The van der Waals surface area contributed by atoms with E-state index in [-0.39, 0.29) is 0 Å². The number of hydrogen-bond donors (Lipinski definition) is 3. The van der Waals surface area contributed by atoms with E-state index in [9.17, 15) is 0 Å². The molecule has 136 valence electrons. The molecule has 2 aromatic heterocycles. The van der Waals surface area contributed by atoms with E-state index in [4.69, 9.17) is 4.74 Å². The third-order valence-electron chi connectivity index (χ3n) is 4.64. The number of ether oxygens (including phenoxy) is 1. The summed E-state index contributed by atoms with van der Waals surface area (Å²) in [6, 6.07) is 2.18. The van der Waals surface area contributed by atoms with Crippen molar-refractivity contribution >= 4 is 35.0 Å². The Hall–Kier alpha value is -1.70. The van der Waals surface area contributed by atoms with Gasteiger partial charge < -0.3 is 19.9 Å². The van der Waals surface area contributed by atoms with E-state index in [1.165, 1.54) is 0 Å². The van der Waals surface area contributed by atoms with Crippen molar-refractivity contribution in [1.82, 2.24) is 20.2 Å². The average molecular weight is 362 g/mol. The fourth-order valence-electron chi connectivity index (χ4n) is 3.05. The minimum absolute atomic E-state index is 0.626. The monoisotopic (exact) mass is 361 g/mol. The molecule has 0 unspecified atom stereocenters. The number of aromatic amines is 1. The van der Waals surface area contributed by atoms with Crippen molar-refractivity contribution in [2.75, 3.05) is 44.5 Å². The van der Waals surface area contributed by atoms with Crippen LogP contribution in [0, 0.1) is 0 Å². The van der Waals surface area contributed by atoms with Crippen molar-refractivity contribution in [3.05, 3.63) is 28.9 Å². The van der Waals surface area contributed by atoms with Gasteiger partial charge in [0.1, 0.15) is 12.4 Å². The molecule has 0 aliphatic carbocycles. The van der Waals surface area contributed by atoms with Crippen molar-refractivity contribution in [2.24, 2.45) is 0 Å². The molecule has 2 N–H and O–H groups in total. The van der Waals surface area contributed by atoms with Crippen LogP contribution in [0.1, 0.15) is 26.3 Å². The number of nitrogens with one attached hydrogen (secondary N) is 2. The zero-order valence-electron chi connectivity index (χ0n) is 15.2. The molecule has 0 radical (unpaired) electrons. The highest BCUT2D eigenvalue weighted by atomic mass is 32.1. The molecule has 1 aliphatic heterocycles. The zero-order chi connectivity index (χ0) is 17.8. The number of hydrogen-bond acceptors (Lipinski definition) is 6. The van der Waals surface area contributed by atoms with Crippen molar-refractivity contribution < 1.29 is 4.74 Å². The summed E-state index contributed by atoms with van der Waals surface area (Å²) < 4.78 is 5.46. The van der Waals surface area contributed by atoms with Gasteiger partial charge in [0, 0.05) is 28.6 Å². The molecular weight excluding hydrogens is 334 g/mol. The lowest BCUT2D eigenvalue weighted by atomic mass is 10.1. The topological polar surface area (TPSA) is 56.4 Å². The molecule has 6 nitrogen and oxygen atoms in total. The van der Waals surface area contributed by atoms with Crippen LogP contribution in [0.5, 0.6) is 0 Å². The number of nitrogens with zero attached hydrogens (tertiary/aromatic N) is 3. The van der Waals surface area contributed by atoms with Gasteiger partial charge in [-0.2, -0.15) is 0 Å². The second-order valence-electron chi connectivity index (χ2n) is 6.19. The van der Waals surface area contributed by atoms with E-state index in [1.807, 2.05) is 19.3 Å². The third-order valence-corrected chi connectivity index (χ3v) is 4.86. The fraction of sp³-hybridized carbons (Fsp3) is 0.500. The van der Waals surface area contributed by atoms with Gasteiger partial charge in [-0.05, 0) is 26.1 Å². The number of thiol groups is 1. The van der Waals surface area contributed by atoms with Crippen LogP contribution in [0.25, 0.3) is 16.7 Å². The molecule has 2 aromatic rings.